The van der Waals surface area contributed by atoms with Gasteiger partial charge in [-0.3, -0.25) is 4.98 Å². The molecule has 0 bridgehead atoms. The van der Waals surface area contributed by atoms with Crippen molar-refractivity contribution in [2.45, 2.75) is 0 Å². The van der Waals surface area contributed by atoms with Gasteiger partial charge in [0.25, 0.3) is 0 Å². The lowest BCUT2D eigenvalue weighted by Gasteiger charge is -2.08. The number of aromatic amines is 1. The highest BCUT2D eigenvalue weighted by molar-refractivity contribution is 7.71. The number of rotatable bonds is 3. The van der Waals surface area contributed by atoms with E-state index >= 15 is 0 Å². The normalized spacial score (nSPS) is 11.6. The molecule has 0 atom stereocenters. The van der Waals surface area contributed by atoms with Gasteiger partial charge in [-0.1, -0.05) is 48.5 Å². The quantitative estimate of drug-likeness (QED) is 0.266. The summed E-state index contributed by atoms with van der Waals surface area (Å²) in [5.74, 6) is 0.624. The van der Waals surface area contributed by atoms with Crippen LogP contribution in [0.15, 0.2) is 84.2 Å². The number of hydrogen-bond acceptors (Lipinski definition) is 4. The van der Waals surface area contributed by atoms with Gasteiger partial charge in [0.1, 0.15) is 0 Å². The molecular formula is C22H15N5S. The topological polar surface area (TPSA) is 58.9 Å². The van der Waals surface area contributed by atoms with Gasteiger partial charge >= 0.3 is 0 Å². The highest BCUT2D eigenvalue weighted by atomic mass is 32.1. The highest BCUT2D eigenvalue weighted by Crippen LogP contribution is 2.27. The van der Waals surface area contributed by atoms with E-state index < -0.39 is 0 Å². The Morgan fingerprint density at radius 3 is 2.32 bits per heavy atom. The van der Waals surface area contributed by atoms with Crippen molar-refractivity contribution < 1.29 is 0 Å². The van der Waals surface area contributed by atoms with E-state index in [2.05, 4.69) is 50.6 Å². The van der Waals surface area contributed by atoms with Crippen molar-refractivity contribution in [3.63, 3.8) is 0 Å². The molecule has 0 aliphatic rings. The average molecular weight is 381 g/mol. The fraction of sp³-hybridized carbons (Fsp3) is 0. The Kier molecular flexibility index (Phi) is 4.03. The summed E-state index contributed by atoms with van der Waals surface area (Å²) in [6, 6.07) is 22.6. The van der Waals surface area contributed by atoms with Gasteiger partial charge in [-0.05, 0) is 52.0 Å². The molecule has 0 saturated heterocycles. The van der Waals surface area contributed by atoms with Crippen LogP contribution in [0.2, 0.25) is 0 Å². The van der Waals surface area contributed by atoms with Gasteiger partial charge in [0.15, 0.2) is 5.82 Å². The molecule has 0 spiro atoms. The van der Waals surface area contributed by atoms with Gasteiger partial charge in [0.05, 0.1) is 6.21 Å². The fourth-order valence-corrected chi connectivity index (χ4v) is 3.56. The number of benzene rings is 3. The maximum Gasteiger partial charge on any atom is 0.216 e. The first-order valence-electron chi connectivity index (χ1n) is 8.84. The first-order valence-corrected chi connectivity index (χ1v) is 9.25. The van der Waals surface area contributed by atoms with Crippen LogP contribution < -0.4 is 0 Å². The minimum Gasteiger partial charge on any atom is -0.264 e. The zero-order chi connectivity index (χ0) is 18.9. The second-order valence-electron chi connectivity index (χ2n) is 6.38. The number of H-pyrrole nitrogens is 1. The van der Waals surface area contributed by atoms with E-state index in [9.17, 15) is 0 Å². The van der Waals surface area contributed by atoms with Crippen LogP contribution in [0.3, 0.4) is 0 Å². The molecule has 1 N–H and O–H groups in total. The Morgan fingerprint density at radius 2 is 1.64 bits per heavy atom. The Hall–Kier alpha value is -3.64. The lowest BCUT2D eigenvalue weighted by Crippen LogP contribution is -1.96. The average Bonchev–Trinajstić information content (AvgIpc) is 3.12. The van der Waals surface area contributed by atoms with Crippen molar-refractivity contribution in [1.82, 2.24) is 19.9 Å². The van der Waals surface area contributed by atoms with Gasteiger partial charge in [-0.2, -0.15) is 14.9 Å². The summed E-state index contributed by atoms with van der Waals surface area (Å²) in [7, 11) is 0. The molecule has 134 valence electrons. The number of fused-ring (bicyclic) bond motifs is 2. The predicted octanol–water partition coefficient (Wildman–Crippen LogP) is 5.19. The second kappa shape index (κ2) is 6.83. The summed E-state index contributed by atoms with van der Waals surface area (Å²) < 4.78 is 2.06. The number of nitrogens with one attached hydrogen (secondary N) is 1. The molecule has 0 unspecified atom stereocenters. The number of hydrogen-bond donors (Lipinski definition) is 1. The molecular weight excluding hydrogens is 366 g/mol. The van der Waals surface area contributed by atoms with E-state index in [-0.39, 0.29) is 0 Å². The maximum atomic E-state index is 5.39. The fourth-order valence-electron chi connectivity index (χ4n) is 3.38. The summed E-state index contributed by atoms with van der Waals surface area (Å²) >= 11 is 5.39. The molecule has 0 amide bonds. The van der Waals surface area contributed by atoms with Crippen LogP contribution in [0.5, 0.6) is 0 Å². The molecule has 5 aromatic rings. The summed E-state index contributed by atoms with van der Waals surface area (Å²) in [5.41, 5.74) is 1.89. The molecule has 0 aliphatic heterocycles. The Morgan fingerprint density at radius 1 is 0.929 bits per heavy atom. The van der Waals surface area contributed by atoms with Crippen molar-refractivity contribution in [2.75, 3.05) is 0 Å². The molecule has 0 aliphatic carbocycles. The zero-order valence-corrected chi connectivity index (χ0v) is 15.6. The van der Waals surface area contributed by atoms with Crippen LogP contribution in [-0.2, 0) is 0 Å². The molecule has 0 fully saturated rings. The SMILES string of the molecule is S=c1[nH]nc(-c2cccnc2)n1/N=C/c1c2ccccc2cc2ccccc12. The molecule has 2 heterocycles. The summed E-state index contributed by atoms with van der Waals surface area (Å²) in [6.07, 6.45) is 5.32. The Balaban J connectivity index is 1.72. The van der Waals surface area contributed by atoms with Crippen molar-refractivity contribution in [3.8, 4) is 11.4 Å². The molecule has 3 aromatic carbocycles. The smallest absolute Gasteiger partial charge is 0.216 e. The van der Waals surface area contributed by atoms with Crippen LogP contribution in [0.1, 0.15) is 5.56 Å². The van der Waals surface area contributed by atoms with Crippen molar-refractivity contribution in [3.05, 3.63) is 89.5 Å². The van der Waals surface area contributed by atoms with Crippen molar-refractivity contribution >= 4 is 40.0 Å². The summed E-state index contributed by atoms with van der Waals surface area (Å²) in [5, 5.41) is 16.4. The van der Waals surface area contributed by atoms with Gasteiger partial charge in [-0.25, -0.2) is 5.10 Å². The van der Waals surface area contributed by atoms with Crippen LogP contribution in [0.4, 0.5) is 0 Å². The predicted molar refractivity (Wildman–Crippen MR) is 115 cm³/mol. The number of pyridine rings is 1. The van der Waals surface area contributed by atoms with Crippen LogP contribution in [-0.4, -0.2) is 26.1 Å². The molecule has 6 heteroatoms. The third kappa shape index (κ3) is 2.80. The lowest BCUT2D eigenvalue weighted by atomic mass is 9.97. The van der Waals surface area contributed by atoms with Gasteiger partial charge in [-0.15, -0.1) is 0 Å². The van der Waals surface area contributed by atoms with Crippen LogP contribution in [0, 0.1) is 4.77 Å². The largest absolute Gasteiger partial charge is 0.264 e. The lowest BCUT2D eigenvalue weighted by molar-refractivity contribution is 0.871. The van der Waals surface area contributed by atoms with E-state index in [0.29, 0.717) is 10.6 Å². The van der Waals surface area contributed by atoms with E-state index in [1.54, 1.807) is 17.1 Å². The second-order valence-corrected chi connectivity index (χ2v) is 6.77. The van der Waals surface area contributed by atoms with E-state index in [1.165, 1.54) is 10.8 Å². The number of aromatic nitrogens is 4. The van der Waals surface area contributed by atoms with E-state index in [0.717, 1.165) is 21.9 Å². The van der Waals surface area contributed by atoms with Crippen molar-refractivity contribution in [2.24, 2.45) is 5.10 Å². The Labute approximate surface area is 166 Å². The van der Waals surface area contributed by atoms with Crippen molar-refractivity contribution in [1.29, 1.82) is 0 Å². The molecule has 0 radical (unpaired) electrons. The molecule has 0 saturated carbocycles. The maximum absolute atomic E-state index is 5.39. The van der Waals surface area contributed by atoms with E-state index in [4.69, 9.17) is 12.2 Å². The summed E-state index contributed by atoms with van der Waals surface area (Å²) in [6.45, 7) is 0. The third-order valence-corrected chi connectivity index (χ3v) is 4.95. The standard InChI is InChI=1S/C22H15N5S/c28-22-26-25-21(17-8-5-11-23-13-17)27(22)24-14-20-18-9-3-1-6-15(18)12-16-7-2-4-10-19(16)20/h1-14H,(H,26,28)/b24-14+. The Bertz CT molecular complexity index is 1330. The third-order valence-electron chi connectivity index (χ3n) is 4.69. The monoisotopic (exact) mass is 381 g/mol. The number of nitrogens with zero attached hydrogens (tertiary/aromatic N) is 4. The van der Waals surface area contributed by atoms with E-state index in [1.807, 2.05) is 42.6 Å². The minimum absolute atomic E-state index is 0.430. The van der Waals surface area contributed by atoms with Crippen LogP contribution >= 0.6 is 12.2 Å². The van der Waals surface area contributed by atoms with Gasteiger partial charge < -0.3 is 0 Å². The molecule has 28 heavy (non-hydrogen) atoms. The van der Waals surface area contributed by atoms with Gasteiger partial charge in [0.2, 0.25) is 4.77 Å². The first-order chi connectivity index (χ1) is 13.8. The molecule has 5 rings (SSSR count). The molecule has 5 nitrogen and oxygen atoms in total. The zero-order valence-electron chi connectivity index (χ0n) is 14.8. The first kappa shape index (κ1) is 16.5. The van der Waals surface area contributed by atoms with Crippen LogP contribution in [0.25, 0.3) is 32.9 Å². The summed E-state index contributed by atoms with van der Waals surface area (Å²) in [4.78, 5) is 4.16. The van der Waals surface area contributed by atoms with Gasteiger partial charge in [0, 0.05) is 23.5 Å². The molecule has 2 aromatic heterocycles. The highest BCUT2D eigenvalue weighted by Gasteiger charge is 2.09. The minimum atomic E-state index is 0.430.